The molecular weight excluding hydrogens is 436 g/mol. The third-order valence-electron chi connectivity index (χ3n) is 4.67. The number of para-hydroxylation sites is 1. The van der Waals surface area contributed by atoms with E-state index in [2.05, 4.69) is 4.72 Å². The van der Waals surface area contributed by atoms with E-state index in [1.165, 1.54) is 41.7 Å². The van der Waals surface area contributed by atoms with Crippen molar-refractivity contribution in [1.29, 1.82) is 0 Å². The first-order chi connectivity index (χ1) is 14.7. The van der Waals surface area contributed by atoms with Crippen LogP contribution in [0, 0.1) is 6.92 Å². The Balaban J connectivity index is 2.03. The SMILES string of the molecule is CCN(c1ccccc1)S(=O)(=O)c1ccc(OC)c(NS(=O)(=O)c2ccc(C)cc2)c1. The molecule has 0 aliphatic rings. The maximum Gasteiger partial charge on any atom is 0.264 e. The first kappa shape index (κ1) is 22.6. The molecule has 0 amide bonds. The number of ether oxygens (including phenoxy) is 1. The summed E-state index contributed by atoms with van der Waals surface area (Å²) in [7, 11) is -6.49. The molecule has 7 nitrogen and oxygen atoms in total. The zero-order valence-corrected chi connectivity index (χ0v) is 19.1. The summed E-state index contributed by atoms with van der Waals surface area (Å²) in [6.45, 7) is 3.80. The number of anilines is 2. The minimum Gasteiger partial charge on any atom is -0.495 e. The van der Waals surface area contributed by atoms with Gasteiger partial charge in [-0.05, 0) is 56.3 Å². The topological polar surface area (TPSA) is 92.8 Å². The van der Waals surface area contributed by atoms with E-state index >= 15 is 0 Å². The summed E-state index contributed by atoms with van der Waals surface area (Å²) in [6, 6.07) is 19.1. The molecule has 3 aromatic rings. The second-order valence-electron chi connectivity index (χ2n) is 6.79. The smallest absolute Gasteiger partial charge is 0.264 e. The van der Waals surface area contributed by atoms with Crippen molar-refractivity contribution in [3.63, 3.8) is 0 Å². The minimum atomic E-state index is -3.94. The maximum atomic E-state index is 13.3. The molecule has 0 bridgehead atoms. The highest BCUT2D eigenvalue weighted by Gasteiger charge is 2.26. The van der Waals surface area contributed by atoms with Crippen LogP contribution in [0.4, 0.5) is 11.4 Å². The Labute approximate surface area is 183 Å². The number of aryl methyl sites for hydroxylation is 1. The highest BCUT2D eigenvalue weighted by molar-refractivity contribution is 7.93. The molecule has 0 radical (unpaired) electrons. The molecule has 0 saturated carbocycles. The second-order valence-corrected chi connectivity index (χ2v) is 10.3. The fourth-order valence-corrected chi connectivity index (χ4v) is 5.62. The second kappa shape index (κ2) is 8.99. The average Bonchev–Trinajstić information content (AvgIpc) is 2.75. The van der Waals surface area contributed by atoms with Gasteiger partial charge in [-0.2, -0.15) is 0 Å². The molecule has 3 rings (SSSR count). The van der Waals surface area contributed by atoms with Crippen LogP contribution in [0.15, 0.2) is 82.6 Å². The summed E-state index contributed by atoms with van der Waals surface area (Å²) in [5.41, 5.74) is 1.47. The lowest BCUT2D eigenvalue weighted by atomic mass is 10.2. The molecule has 0 heterocycles. The molecule has 0 unspecified atom stereocenters. The van der Waals surface area contributed by atoms with Gasteiger partial charge in [-0.25, -0.2) is 16.8 Å². The van der Waals surface area contributed by atoms with Gasteiger partial charge in [0, 0.05) is 6.54 Å². The van der Waals surface area contributed by atoms with Gasteiger partial charge < -0.3 is 4.74 Å². The lowest BCUT2D eigenvalue weighted by Crippen LogP contribution is -2.30. The normalized spacial score (nSPS) is 11.7. The number of methoxy groups -OCH3 is 1. The van der Waals surface area contributed by atoms with Crippen molar-refractivity contribution in [2.45, 2.75) is 23.6 Å². The zero-order valence-electron chi connectivity index (χ0n) is 17.4. The predicted molar refractivity (Wildman–Crippen MR) is 122 cm³/mol. The van der Waals surface area contributed by atoms with Crippen LogP contribution in [-0.2, 0) is 20.0 Å². The van der Waals surface area contributed by atoms with Crippen molar-refractivity contribution in [2.75, 3.05) is 22.7 Å². The standard InChI is InChI=1S/C22H24N2O5S2/c1-4-24(18-8-6-5-7-9-18)31(27,28)20-14-15-22(29-3)21(16-20)23-30(25,26)19-12-10-17(2)11-13-19/h5-16,23H,4H2,1-3H3. The molecule has 0 aliphatic carbocycles. The number of rotatable bonds is 8. The van der Waals surface area contributed by atoms with Crippen LogP contribution < -0.4 is 13.8 Å². The van der Waals surface area contributed by atoms with Crippen LogP contribution in [0.5, 0.6) is 5.75 Å². The monoisotopic (exact) mass is 460 g/mol. The van der Waals surface area contributed by atoms with Gasteiger partial charge >= 0.3 is 0 Å². The van der Waals surface area contributed by atoms with E-state index in [-0.39, 0.29) is 27.8 Å². The number of sulfonamides is 2. The number of hydrogen-bond donors (Lipinski definition) is 1. The summed E-state index contributed by atoms with van der Waals surface area (Å²) >= 11 is 0. The summed E-state index contributed by atoms with van der Waals surface area (Å²) in [6.07, 6.45) is 0. The van der Waals surface area contributed by atoms with Crippen molar-refractivity contribution < 1.29 is 21.6 Å². The van der Waals surface area contributed by atoms with E-state index in [0.29, 0.717) is 5.69 Å². The largest absolute Gasteiger partial charge is 0.495 e. The molecule has 3 aromatic carbocycles. The number of hydrogen-bond acceptors (Lipinski definition) is 5. The summed E-state index contributed by atoms with van der Waals surface area (Å²) < 4.78 is 61.2. The van der Waals surface area contributed by atoms with E-state index < -0.39 is 20.0 Å². The Morgan fingerprint density at radius 1 is 0.871 bits per heavy atom. The molecule has 0 aliphatic heterocycles. The molecule has 0 fully saturated rings. The van der Waals surface area contributed by atoms with Crippen LogP contribution in [0.2, 0.25) is 0 Å². The van der Waals surface area contributed by atoms with Crippen molar-refractivity contribution in [2.24, 2.45) is 0 Å². The fraction of sp³-hybridized carbons (Fsp3) is 0.182. The molecule has 164 valence electrons. The van der Waals surface area contributed by atoms with Gasteiger partial charge in [-0.1, -0.05) is 35.9 Å². The Morgan fingerprint density at radius 3 is 2.06 bits per heavy atom. The third-order valence-corrected chi connectivity index (χ3v) is 7.95. The fourth-order valence-electron chi connectivity index (χ4n) is 3.06. The molecule has 0 aromatic heterocycles. The van der Waals surface area contributed by atoms with Crippen LogP contribution in [0.1, 0.15) is 12.5 Å². The van der Waals surface area contributed by atoms with Gasteiger partial charge in [0.25, 0.3) is 20.0 Å². The van der Waals surface area contributed by atoms with E-state index in [1.54, 1.807) is 49.4 Å². The van der Waals surface area contributed by atoms with E-state index in [9.17, 15) is 16.8 Å². The molecular formula is C22H24N2O5S2. The number of nitrogens with zero attached hydrogens (tertiary/aromatic N) is 1. The molecule has 1 N–H and O–H groups in total. The lowest BCUT2D eigenvalue weighted by Gasteiger charge is -2.23. The average molecular weight is 461 g/mol. The number of nitrogens with one attached hydrogen (secondary N) is 1. The van der Waals surface area contributed by atoms with Gasteiger partial charge in [-0.3, -0.25) is 9.03 Å². The van der Waals surface area contributed by atoms with E-state index in [0.717, 1.165) is 5.56 Å². The molecule has 0 atom stereocenters. The minimum absolute atomic E-state index is 0.0354. The van der Waals surface area contributed by atoms with E-state index in [4.69, 9.17) is 4.74 Å². The highest BCUT2D eigenvalue weighted by atomic mass is 32.2. The summed E-state index contributed by atoms with van der Waals surface area (Å²) in [4.78, 5) is 0.00786. The van der Waals surface area contributed by atoms with Crippen LogP contribution in [-0.4, -0.2) is 30.5 Å². The Morgan fingerprint density at radius 2 is 1.48 bits per heavy atom. The first-order valence-electron chi connectivity index (χ1n) is 9.54. The van der Waals surface area contributed by atoms with Crippen molar-refractivity contribution in [3.05, 3.63) is 78.4 Å². The van der Waals surface area contributed by atoms with Crippen molar-refractivity contribution >= 4 is 31.4 Å². The van der Waals surface area contributed by atoms with Gasteiger partial charge in [-0.15, -0.1) is 0 Å². The van der Waals surface area contributed by atoms with Crippen molar-refractivity contribution in [3.8, 4) is 5.75 Å². The van der Waals surface area contributed by atoms with Gasteiger partial charge in [0.2, 0.25) is 0 Å². The van der Waals surface area contributed by atoms with Gasteiger partial charge in [0.1, 0.15) is 5.75 Å². The molecule has 0 spiro atoms. The van der Waals surface area contributed by atoms with Crippen LogP contribution >= 0.6 is 0 Å². The molecule has 0 saturated heterocycles. The Kier molecular flexibility index (Phi) is 6.56. The zero-order chi connectivity index (χ0) is 22.6. The van der Waals surface area contributed by atoms with Crippen molar-refractivity contribution in [1.82, 2.24) is 0 Å². The number of benzene rings is 3. The van der Waals surface area contributed by atoms with E-state index in [1.807, 2.05) is 6.92 Å². The van der Waals surface area contributed by atoms with Gasteiger partial charge in [0.05, 0.1) is 28.3 Å². The van der Waals surface area contributed by atoms with Gasteiger partial charge in [0.15, 0.2) is 0 Å². The summed E-state index contributed by atoms with van der Waals surface area (Å²) in [5.74, 6) is 0.206. The predicted octanol–water partition coefficient (Wildman–Crippen LogP) is 4.02. The first-order valence-corrected chi connectivity index (χ1v) is 12.5. The molecule has 31 heavy (non-hydrogen) atoms. The van der Waals surface area contributed by atoms with Crippen LogP contribution in [0.3, 0.4) is 0 Å². The lowest BCUT2D eigenvalue weighted by molar-refractivity contribution is 0.416. The quantitative estimate of drug-likeness (QED) is 0.548. The Bertz CT molecular complexity index is 1260. The third kappa shape index (κ3) is 4.83. The summed E-state index contributed by atoms with van der Waals surface area (Å²) in [5, 5.41) is 0. The maximum absolute atomic E-state index is 13.3. The Hall–Kier alpha value is -3.04. The van der Waals surface area contributed by atoms with Crippen LogP contribution in [0.25, 0.3) is 0 Å². The highest BCUT2D eigenvalue weighted by Crippen LogP contribution is 2.32. The molecule has 9 heteroatoms.